The maximum atomic E-state index is 4.37. The zero-order valence-electron chi connectivity index (χ0n) is 21.7. The summed E-state index contributed by atoms with van der Waals surface area (Å²) >= 11 is 0. The van der Waals surface area contributed by atoms with Crippen LogP contribution < -0.4 is 5.32 Å². The lowest BCUT2D eigenvalue weighted by molar-refractivity contribution is 0.660. The highest BCUT2D eigenvalue weighted by molar-refractivity contribution is 6.11. The second kappa shape index (κ2) is 10.3. The molecular formula is C32H35N3. The van der Waals surface area contributed by atoms with Gasteiger partial charge in [0.05, 0.1) is 0 Å². The van der Waals surface area contributed by atoms with E-state index in [9.17, 15) is 0 Å². The van der Waals surface area contributed by atoms with Crippen molar-refractivity contribution in [1.29, 1.82) is 0 Å². The summed E-state index contributed by atoms with van der Waals surface area (Å²) in [5, 5.41) is 5.68. The van der Waals surface area contributed by atoms with Crippen LogP contribution in [0.15, 0.2) is 94.9 Å². The van der Waals surface area contributed by atoms with E-state index in [2.05, 4.69) is 121 Å². The van der Waals surface area contributed by atoms with Crippen LogP contribution in [0, 0.1) is 6.92 Å². The Hall–Kier alpha value is -3.72. The summed E-state index contributed by atoms with van der Waals surface area (Å²) in [5.74, 6) is 1.83. The molecular weight excluding hydrogens is 426 g/mol. The zero-order chi connectivity index (χ0) is 25.0. The SMILES string of the molecule is CC.CC1=NCN=C(c2ccc3ccccc3c2)N1.Cc1ccc2c(c1)C(C)(C)c1ccccc1-2. The highest BCUT2D eigenvalue weighted by atomic mass is 15.1. The summed E-state index contributed by atoms with van der Waals surface area (Å²) in [6.07, 6.45) is 0. The molecule has 0 aromatic heterocycles. The summed E-state index contributed by atoms with van der Waals surface area (Å²) in [6, 6.07) is 30.2. The number of hydrogen-bond donors (Lipinski definition) is 1. The third kappa shape index (κ3) is 4.90. The van der Waals surface area contributed by atoms with E-state index in [1.165, 1.54) is 38.6 Å². The number of benzene rings is 4. The summed E-state index contributed by atoms with van der Waals surface area (Å²) in [4.78, 5) is 8.56. The first kappa shape index (κ1) is 24.4. The number of aryl methyl sites for hydroxylation is 1. The summed E-state index contributed by atoms with van der Waals surface area (Å²) in [6.45, 7) is 13.3. The number of fused-ring (bicyclic) bond motifs is 4. The number of aliphatic imine (C=N–C) groups is 2. The molecule has 1 N–H and O–H groups in total. The Bertz CT molecular complexity index is 1410. The molecule has 35 heavy (non-hydrogen) atoms. The molecule has 0 radical (unpaired) electrons. The van der Waals surface area contributed by atoms with Crippen LogP contribution in [0.3, 0.4) is 0 Å². The molecule has 0 bridgehead atoms. The maximum absolute atomic E-state index is 4.37. The maximum Gasteiger partial charge on any atom is 0.135 e. The van der Waals surface area contributed by atoms with E-state index in [1.807, 2.05) is 20.8 Å². The van der Waals surface area contributed by atoms with Crippen molar-refractivity contribution in [3.8, 4) is 11.1 Å². The molecule has 2 aliphatic rings. The third-order valence-electron chi connectivity index (χ3n) is 6.60. The smallest absolute Gasteiger partial charge is 0.135 e. The van der Waals surface area contributed by atoms with Gasteiger partial charge in [-0.2, -0.15) is 0 Å². The average Bonchev–Trinajstić information content (AvgIpc) is 3.12. The van der Waals surface area contributed by atoms with E-state index >= 15 is 0 Å². The highest BCUT2D eigenvalue weighted by Crippen LogP contribution is 2.48. The van der Waals surface area contributed by atoms with Crippen molar-refractivity contribution in [3.63, 3.8) is 0 Å². The van der Waals surface area contributed by atoms with E-state index in [-0.39, 0.29) is 5.41 Å². The number of rotatable bonds is 1. The molecule has 1 aliphatic heterocycles. The number of nitrogens with one attached hydrogen (secondary N) is 1. The van der Waals surface area contributed by atoms with Gasteiger partial charge in [-0.25, -0.2) is 9.98 Å². The fraction of sp³-hybridized carbons (Fsp3) is 0.250. The Balaban J connectivity index is 0.000000155. The van der Waals surface area contributed by atoms with Gasteiger partial charge in [-0.3, -0.25) is 0 Å². The molecule has 178 valence electrons. The van der Waals surface area contributed by atoms with E-state index < -0.39 is 0 Å². The van der Waals surface area contributed by atoms with Gasteiger partial charge in [-0.05, 0) is 52.9 Å². The van der Waals surface area contributed by atoms with Crippen molar-refractivity contribution in [2.45, 2.75) is 47.0 Å². The number of nitrogens with zero attached hydrogens (tertiary/aromatic N) is 2. The van der Waals surface area contributed by atoms with E-state index in [0.717, 1.165) is 17.2 Å². The van der Waals surface area contributed by atoms with Gasteiger partial charge in [0.1, 0.15) is 18.3 Å². The lowest BCUT2D eigenvalue weighted by Crippen LogP contribution is -2.32. The van der Waals surface area contributed by atoms with Gasteiger partial charge in [0.25, 0.3) is 0 Å². The van der Waals surface area contributed by atoms with Crippen LogP contribution in [0.4, 0.5) is 0 Å². The third-order valence-corrected chi connectivity index (χ3v) is 6.60. The lowest BCUT2D eigenvalue weighted by Gasteiger charge is -2.21. The number of amidine groups is 2. The predicted molar refractivity (Wildman–Crippen MR) is 152 cm³/mol. The molecule has 3 heteroatoms. The van der Waals surface area contributed by atoms with Crippen LogP contribution >= 0.6 is 0 Å². The van der Waals surface area contributed by atoms with Gasteiger partial charge in [-0.1, -0.05) is 112 Å². The molecule has 0 unspecified atom stereocenters. The van der Waals surface area contributed by atoms with Gasteiger partial charge in [0.15, 0.2) is 0 Å². The van der Waals surface area contributed by atoms with Crippen molar-refractivity contribution < 1.29 is 0 Å². The van der Waals surface area contributed by atoms with Crippen LogP contribution in [0.1, 0.15) is 56.9 Å². The first-order valence-corrected chi connectivity index (χ1v) is 12.5. The molecule has 0 saturated heterocycles. The largest absolute Gasteiger partial charge is 0.329 e. The van der Waals surface area contributed by atoms with E-state index in [4.69, 9.17) is 0 Å². The van der Waals surface area contributed by atoms with Crippen LogP contribution in [-0.2, 0) is 5.41 Å². The highest BCUT2D eigenvalue weighted by Gasteiger charge is 2.34. The molecule has 0 atom stereocenters. The van der Waals surface area contributed by atoms with Crippen molar-refractivity contribution in [2.24, 2.45) is 9.98 Å². The van der Waals surface area contributed by atoms with Crippen LogP contribution in [0.2, 0.25) is 0 Å². The second-order valence-corrected chi connectivity index (χ2v) is 9.30. The Morgan fingerprint density at radius 3 is 2.14 bits per heavy atom. The Kier molecular flexibility index (Phi) is 7.16. The molecule has 0 spiro atoms. The summed E-state index contributed by atoms with van der Waals surface area (Å²) in [5.41, 5.74) is 8.34. The van der Waals surface area contributed by atoms with E-state index in [0.29, 0.717) is 6.67 Å². The molecule has 0 fully saturated rings. The number of hydrogen-bond acceptors (Lipinski definition) is 3. The van der Waals surface area contributed by atoms with Gasteiger partial charge >= 0.3 is 0 Å². The second-order valence-electron chi connectivity index (χ2n) is 9.30. The summed E-state index contributed by atoms with van der Waals surface area (Å²) < 4.78 is 0. The van der Waals surface area contributed by atoms with Gasteiger partial charge < -0.3 is 5.32 Å². The van der Waals surface area contributed by atoms with Gasteiger partial charge in [0, 0.05) is 11.0 Å². The molecule has 3 nitrogen and oxygen atoms in total. The Morgan fingerprint density at radius 1 is 0.686 bits per heavy atom. The molecule has 4 aromatic rings. The Morgan fingerprint density at radius 2 is 1.37 bits per heavy atom. The van der Waals surface area contributed by atoms with Crippen molar-refractivity contribution in [3.05, 3.63) is 107 Å². The van der Waals surface area contributed by atoms with E-state index in [1.54, 1.807) is 0 Å². The van der Waals surface area contributed by atoms with Crippen molar-refractivity contribution in [1.82, 2.24) is 5.32 Å². The van der Waals surface area contributed by atoms with Gasteiger partial charge in [0.2, 0.25) is 0 Å². The quantitative estimate of drug-likeness (QED) is 0.307. The molecule has 6 rings (SSSR count). The fourth-order valence-corrected chi connectivity index (χ4v) is 4.78. The Labute approximate surface area is 209 Å². The minimum Gasteiger partial charge on any atom is -0.329 e. The first-order chi connectivity index (χ1) is 16.9. The zero-order valence-corrected chi connectivity index (χ0v) is 21.7. The van der Waals surface area contributed by atoms with Crippen molar-refractivity contribution >= 4 is 22.4 Å². The minimum absolute atomic E-state index is 0.151. The average molecular weight is 462 g/mol. The van der Waals surface area contributed by atoms with Crippen LogP contribution in [-0.4, -0.2) is 18.3 Å². The minimum atomic E-state index is 0.151. The van der Waals surface area contributed by atoms with Crippen molar-refractivity contribution in [2.75, 3.05) is 6.67 Å². The topological polar surface area (TPSA) is 36.8 Å². The normalized spacial score (nSPS) is 14.7. The van der Waals surface area contributed by atoms with Gasteiger partial charge in [-0.15, -0.1) is 0 Å². The molecule has 4 aromatic carbocycles. The molecule has 0 saturated carbocycles. The summed E-state index contributed by atoms with van der Waals surface area (Å²) in [7, 11) is 0. The standard InChI is InChI=1S/C16H16.C14H13N3.C2H6/c1-11-8-9-13-12-6-4-5-7-14(12)16(2,3)15(13)10-11;1-10-15-9-16-14(17-10)13-7-6-11-4-2-3-5-12(11)8-13;1-2/h4-10H,1-3H3;2-8H,9H2,1H3,(H,15,16,17);1-2H3. The first-order valence-electron chi connectivity index (χ1n) is 12.5. The predicted octanol–water partition coefficient (Wildman–Crippen LogP) is 7.89. The van der Waals surface area contributed by atoms with Crippen LogP contribution in [0.5, 0.6) is 0 Å². The van der Waals surface area contributed by atoms with Crippen LogP contribution in [0.25, 0.3) is 21.9 Å². The molecule has 1 aliphatic carbocycles. The molecule has 1 heterocycles. The fourth-order valence-electron chi connectivity index (χ4n) is 4.78. The molecule has 0 amide bonds. The lowest BCUT2D eigenvalue weighted by atomic mass is 9.82. The monoisotopic (exact) mass is 461 g/mol.